The zero-order valence-corrected chi connectivity index (χ0v) is 13.0. The van der Waals surface area contributed by atoms with Crippen molar-refractivity contribution in [2.24, 2.45) is 0 Å². The molecule has 0 radical (unpaired) electrons. The second kappa shape index (κ2) is 5.53. The summed E-state index contributed by atoms with van der Waals surface area (Å²) >= 11 is 0. The van der Waals surface area contributed by atoms with Crippen LogP contribution in [0.1, 0.15) is 48.7 Å². The van der Waals surface area contributed by atoms with Crippen molar-refractivity contribution in [2.75, 3.05) is 5.32 Å². The van der Waals surface area contributed by atoms with Crippen molar-refractivity contribution in [2.45, 2.75) is 39.2 Å². The Morgan fingerprint density at radius 2 is 2.13 bits per heavy atom. The van der Waals surface area contributed by atoms with Crippen molar-refractivity contribution in [3.63, 3.8) is 0 Å². The van der Waals surface area contributed by atoms with Crippen LogP contribution in [0, 0.1) is 0 Å². The zero-order valence-electron chi connectivity index (χ0n) is 13.0. The first-order chi connectivity index (χ1) is 10.9. The number of aromatic nitrogens is 1. The van der Waals surface area contributed by atoms with Gasteiger partial charge in [0, 0.05) is 18.7 Å². The van der Waals surface area contributed by atoms with Crippen molar-refractivity contribution in [3.05, 3.63) is 39.7 Å². The van der Waals surface area contributed by atoms with Crippen LogP contribution in [0.25, 0.3) is 10.9 Å². The fraction of sp³-hybridized carbons (Fsp3) is 0.353. The SMILES string of the molecule is CCC(=O)Nc1ccc2c3c1c(=O)c(C(=O)O)cn3C(C)CC2. The van der Waals surface area contributed by atoms with Gasteiger partial charge in [-0.05, 0) is 31.4 Å². The van der Waals surface area contributed by atoms with Crippen LogP contribution < -0.4 is 10.7 Å². The topological polar surface area (TPSA) is 88.4 Å². The van der Waals surface area contributed by atoms with Gasteiger partial charge in [0.1, 0.15) is 5.56 Å². The number of nitrogens with zero attached hydrogens (tertiary/aromatic N) is 1. The number of carboxylic acid groups (broad SMARTS) is 1. The molecule has 0 fully saturated rings. The molecule has 0 bridgehead atoms. The molecule has 1 aromatic carbocycles. The molecule has 2 heterocycles. The first-order valence-electron chi connectivity index (χ1n) is 7.68. The molecule has 1 aliphatic rings. The predicted octanol–water partition coefficient (Wildman–Crippen LogP) is 2.56. The maximum atomic E-state index is 12.7. The molecule has 120 valence electrons. The minimum Gasteiger partial charge on any atom is -0.477 e. The van der Waals surface area contributed by atoms with Crippen LogP contribution in [0.3, 0.4) is 0 Å². The van der Waals surface area contributed by atoms with Gasteiger partial charge in [0.25, 0.3) is 0 Å². The van der Waals surface area contributed by atoms with E-state index in [4.69, 9.17) is 0 Å². The highest BCUT2D eigenvalue weighted by Crippen LogP contribution is 2.33. The van der Waals surface area contributed by atoms with Gasteiger partial charge >= 0.3 is 5.97 Å². The van der Waals surface area contributed by atoms with Crippen molar-refractivity contribution in [1.29, 1.82) is 0 Å². The van der Waals surface area contributed by atoms with Crippen LogP contribution in [0.5, 0.6) is 0 Å². The first kappa shape index (κ1) is 15.3. The second-order valence-corrected chi connectivity index (χ2v) is 5.87. The molecule has 0 saturated carbocycles. The third kappa shape index (κ3) is 2.40. The number of anilines is 1. The Kier molecular flexibility index (Phi) is 3.67. The lowest BCUT2D eigenvalue weighted by atomic mass is 9.95. The Balaban J connectivity index is 2.41. The summed E-state index contributed by atoms with van der Waals surface area (Å²) in [5.41, 5.74) is 1.29. The molecule has 23 heavy (non-hydrogen) atoms. The summed E-state index contributed by atoms with van der Waals surface area (Å²) in [5, 5.41) is 12.3. The summed E-state index contributed by atoms with van der Waals surface area (Å²) in [5.74, 6) is -1.47. The number of carbonyl (C=O) groups excluding carboxylic acids is 1. The molecule has 6 nitrogen and oxygen atoms in total. The van der Waals surface area contributed by atoms with Gasteiger partial charge in [-0.25, -0.2) is 4.79 Å². The average molecular weight is 314 g/mol. The first-order valence-corrected chi connectivity index (χ1v) is 7.68. The van der Waals surface area contributed by atoms with Crippen LogP contribution in [-0.4, -0.2) is 21.6 Å². The molecule has 1 amide bonds. The van der Waals surface area contributed by atoms with E-state index in [1.165, 1.54) is 6.20 Å². The smallest absolute Gasteiger partial charge is 0.341 e. The van der Waals surface area contributed by atoms with E-state index in [-0.39, 0.29) is 29.3 Å². The molecule has 0 aliphatic carbocycles. The number of aromatic carboxylic acids is 1. The highest BCUT2D eigenvalue weighted by molar-refractivity contribution is 6.04. The van der Waals surface area contributed by atoms with Gasteiger partial charge in [-0.1, -0.05) is 13.0 Å². The number of carbonyl (C=O) groups is 2. The molecule has 6 heteroatoms. The van der Waals surface area contributed by atoms with E-state index in [2.05, 4.69) is 5.32 Å². The summed E-state index contributed by atoms with van der Waals surface area (Å²) in [7, 11) is 0. The third-order valence-electron chi connectivity index (χ3n) is 4.39. The molecule has 1 aromatic heterocycles. The molecular formula is C17H18N2O4. The van der Waals surface area contributed by atoms with Gasteiger partial charge in [0.05, 0.1) is 16.6 Å². The van der Waals surface area contributed by atoms with Gasteiger partial charge < -0.3 is 15.0 Å². The third-order valence-corrected chi connectivity index (χ3v) is 4.39. The number of rotatable bonds is 3. The Labute approximate surface area is 132 Å². The Hall–Kier alpha value is -2.63. The monoisotopic (exact) mass is 314 g/mol. The van der Waals surface area contributed by atoms with E-state index >= 15 is 0 Å². The summed E-state index contributed by atoms with van der Waals surface area (Å²) in [4.78, 5) is 35.8. The normalized spacial score (nSPS) is 16.3. The molecule has 0 spiro atoms. The molecule has 3 rings (SSSR count). The number of carboxylic acids is 1. The lowest BCUT2D eigenvalue weighted by Gasteiger charge is -2.27. The molecular weight excluding hydrogens is 296 g/mol. The fourth-order valence-electron chi connectivity index (χ4n) is 3.10. The van der Waals surface area contributed by atoms with Crippen LogP contribution >= 0.6 is 0 Å². The number of hydrogen-bond acceptors (Lipinski definition) is 3. The number of hydrogen-bond donors (Lipinski definition) is 2. The van der Waals surface area contributed by atoms with E-state index in [1.54, 1.807) is 13.0 Å². The molecule has 1 atom stereocenters. The zero-order chi connectivity index (χ0) is 16.7. The number of aryl methyl sites for hydroxylation is 1. The largest absolute Gasteiger partial charge is 0.477 e. The molecule has 2 N–H and O–H groups in total. The minimum atomic E-state index is -1.25. The van der Waals surface area contributed by atoms with Crippen molar-refractivity contribution in [3.8, 4) is 0 Å². The maximum absolute atomic E-state index is 12.7. The van der Waals surface area contributed by atoms with Gasteiger partial charge in [-0.3, -0.25) is 9.59 Å². The standard InChI is InChI=1S/C17H18N2O4/c1-3-13(20)18-12-7-6-10-5-4-9(2)19-8-11(17(22)23)16(21)14(12)15(10)19/h6-9H,3-5H2,1-2H3,(H,18,20)(H,22,23). The Morgan fingerprint density at radius 1 is 1.39 bits per heavy atom. The molecule has 0 saturated heterocycles. The highest BCUT2D eigenvalue weighted by atomic mass is 16.4. The van der Waals surface area contributed by atoms with Gasteiger partial charge in [-0.2, -0.15) is 0 Å². The molecule has 2 aromatic rings. The van der Waals surface area contributed by atoms with Crippen LogP contribution in [0.4, 0.5) is 5.69 Å². The lowest BCUT2D eigenvalue weighted by Crippen LogP contribution is -2.25. The molecule has 1 unspecified atom stereocenters. The Bertz CT molecular complexity index is 882. The number of benzene rings is 1. The summed E-state index contributed by atoms with van der Waals surface area (Å²) < 4.78 is 1.85. The summed E-state index contributed by atoms with van der Waals surface area (Å²) in [6, 6.07) is 3.69. The number of amides is 1. The van der Waals surface area contributed by atoms with E-state index in [0.29, 0.717) is 5.69 Å². The van der Waals surface area contributed by atoms with E-state index in [1.807, 2.05) is 17.6 Å². The maximum Gasteiger partial charge on any atom is 0.341 e. The van der Waals surface area contributed by atoms with E-state index in [9.17, 15) is 19.5 Å². The van der Waals surface area contributed by atoms with Crippen LogP contribution in [-0.2, 0) is 11.2 Å². The Morgan fingerprint density at radius 3 is 2.78 bits per heavy atom. The number of pyridine rings is 1. The van der Waals surface area contributed by atoms with Gasteiger partial charge in [0.2, 0.25) is 11.3 Å². The minimum absolute atomic E-state index is 0.0980. The van der Waals surface area contributed by atoms with Crippen LogP contribution in [0.15, 0.2) is 23.1 Å². The quantitative estimate of drug-likeness (QED) is 0.911. The summed E-state index contributed by atoms with van der Waals surface area (Å²) in [6.07, 6.45) is 3.41. The van der Waals surface area contributed by atoms with E-state index in [0.717, 1.165) is 23.9 Å². The average Bonchev–Trinajstić information content (AvgIpc) is 2.52. The summed E-state index contributed by atoms with van der Waals surface area (Å²) in [6.45, 7) is 3.72. The van der Waals surface area contributed by atoms with Crippen molar-refractivity contribution >= 4 is 28.5 Å². The van der Waals surface area contributed by atoms with Gasteiger partial charge in [0.15, 0.2) is 0 Å². The lowest BCUT2D eigenvalue weighted by molar-refractivity contribution is -0.115. The highest BCUT2D eigenvalue weighted by Gasteiger charge is 2.24. The number of nitrogens with one attached hydrogen (secondary N) is 1. The van der Waals surface area contributed by atoms with Gasteiger partial charge in [-0.15, -0.1) is 0 Å². The van der Waals surface area contributed by atoms with E-state index < -0.39 is 11.4 Å². The second-order valence-electron chi connectivity index (χ2n) is 5.87. The predicted molar refractivity (Wildman–Crippen MR) is 87.1 cm³/mol. The van der Waals surface area contributed by atoms with Crippen LogP contribution in [0.2, 0.25) is 0 Å². The molecule has 1 aliphatic heterocycles. The van der Waals surface area contributed by atoms with Crippen molar-refractivity contribution < 1.29 is 14.7 Å². The van der Waals surface area contributed by atoms with Crippen molar-refractivity contribution in [1.82, 2.24) is 4.57 Å². The fourth-order valence-corrected chi connectivity index (χ4v) is 3.10.